The van der Waals surface area contributed by atoms with E-state index in [2.05, 4.69) is 63.5 Å². The number of amides is 2. The van der Waals surface area contributed by atoms with Crippen molar-refractivity contribution in [2.45, 2.75) is 91.4 Å². The average Bonchev–Trinajstić information content (AvgIpc) is 2.75. The van der Waals surface area contributed by atoms with Crippen molar-refractivity contribution >= 4 is 11.7 Å². The summed E-state index contributed by atoms with van der Waals surface area (Å²) in [6, 6.07) is 12.1. The van der Waals surface area contributed by atoms with E-state index in [1.54, 1.807) is 0 Å². The molecule has 2 amide bonds. The van der Waals surface area contributed by atoms with Crippen LogP contribution in [0.5, 0.6) is 5.75 Å². The first-order chi connectivity index (χ1) is 15.3. The topological polar surface area (TPSA) is 61.4 Å². The van der Waals surface area contributed by atoms with E-state index in [1.165, 1.54) is 24.8 Å². The van der Waals surface area contributed by atoms with Gasteiger partial charge in [-0.25, -0.2) is 4.79 Å². The highest BCUT2D eigenvalue weighted by Gasteiger charge is 2.15. The number of benzene rings is 2. The number of carbonyl (C=O) groups excluding carboxylic acids is 1. The first-order valence-electron chi connectivity index (χ1n) is 12.3. The Morgan fingerprint density at radius 1 is 0.906 bits per heavy atom. The third kappa shape index (κ3) is 7.89. The SMILES string of the molecule is CCCCCCCNC(=O)Nc1ccccc1CCc1cc(C(C)C)c(O)c(C(C)C)c1. The van der Waals surface area contributed by atoms with E-state index in [1.807, 2.05) is 18.2 Å². The molecule has 32 heavy (non-hydrogen) atoms. The van der Waals surface area contributed by atoms with Gasteiger partial charge in [-0.2, -0.15) is 0 Å². The zero-order valence-electron chi connectivity index (χ0n) is 20.6. The number of hydrogen-bond acceptors (Lipinski definition) is 2. The fourth-order valence-corrected chi connectivity index (χ4v) is 4.01. The zero-order chi connectivity index (χ0) is 23.5. The van der Waals surface area contributed by atoms with Crippen molar-refractivity contribution in [3.63, 3.8) is 0 Å². The highest BCUT2D eigenvalue weighted by molar-refractivity contribution is 5.90. The van der Waals surface area contributed by atoms with Gasteiger partial charge in [0, 0.05) is 12.2 Å². The number of carbonyl (C=O) groups is 1. The van der Waals surface area contributed by atoms with Crippen molar-refractivity contribution in [3.05, 3.63) is 58.7 Å². The van der Waals surface area contributed by atoms with Crippen LogP contribution in [0.4, 0.5) is 10.5 Å². The Morgan fingerprint density at radius 2 is 1.53 bits per heavy atom. The van der Waals surface area contributed by atoms with Gasteiger partial charge in [0.1, 0.15) is 5.75 Å². The molecule has 0 saturated carbocycles. The van der Waals surface area contributed by atoms with Crippen LogP contribution < -0.4 is 10.6 Å². The first-order valence-corrected chi connectivity index (χ1v) is 12.3. The molecule has 0 fully saturated rings. The van der Waals surface area contributed by atoms with Crippen LogP contribution in [0.15, 0.2) is 36.4 Å². The van der Waals surface area contributed by atoms with Gasteiger partial charge in [0.05, 0.1) is 0 Å². The van der Waals surface area contributed by atoms with Gasteiger partial charge in [-0.15, -0.1) is 0 Å². The van der Waals surface area contributed by atoms with Gasteiger partial charge < -0.3 is 15.7 Å². The number of nitrogens with one attached hydrogen (secondary N) is 2. The number of aryl methyl sites for hydroxylation is 2. The van der Waals surface area contributed by atoms with Crippen LogP contribution in [0.3, 0.4) is 0 Å². The van der Waals surface area contributed by atoms with E-state index >= 15 is 0 Å². The number of rotatable bonds is 12. The number of phenols is 1. The Kier molecular flexibility index (Phi) is 10.6. The van der Waals surface area contributed by atoms with Crippen LogP contribution >= 0.6 is 0 Å². The van der Waals surface area contributed by atoms with Gasteiger partial charge in [-0.3, -0.25) is 0 Å². The fourth-order valence-electron chi connectivity index (χ4n) is 4.01. The average molecular weight is 439 g/mol. The molecule has 2 aromatic rings. The molecule has 4 nitrogen and oxygen atoms in total. The van der Waals surface area contributed by atoms with E-state index < -0.39 is 0 Å². The molecule has 0 heterocycles. The summed E-state index contributed by atoms with van der Waals surface area (Å²) in [5.74, 6) is 0.978. The molecule has 0 radical (unpaired) electrons. The summed E-state index contributed by atoms with van der Waals surface area (Å²) in [6.45, 7) is 11.4. The van der Waals surface area contributed by atoms with Gasteiger partial charge >= 0.3 is 6.03 Å². The molecule has 2 aromatic carbocycles. The molecule has 0 spiro atoms. The number of anilines is 1. The summed E-state index contributed by atoms with van der Waals surface area (Å²) in [6.07, 6.45) is 7.59. The van der Waals surface area contributed by atoms with Crippen molar-refractivity contribution in [2.75, 3.05) is 11.9 Å². The minimum Gasteiger partial charge on any atom is -0.507 e. The molecule has 3 N–H and O–H groups in total. The lowest BCUT2D eigenvalue weighted by Crippen LogP contribution is -2.29. The number of para-hydroxylation sites is 1. The second-order valence-corrected chi connectivity index (χ2v) is 9.38. The van der Waals surface area contributed by atoms with Gasteiger partial charge in [0.2, 0.25) is 0 Å². The number of hydrogen-bond donors (Lipinski definition) is 3. The van der Waals surface area contributed by atoms with E-state index in [-0.39, 0.29) is 17.9 Å². The lowest BCUT2D eigenvalue weighted by molar-refractivity contribution is 0.252. The van der Waals surface area contributed by atoms with Crippen LogP contribution in [0.1, 0.15) is 101 Å². The number of unbranched alkanes of at least 4 members (excludes halogenated alkanes) is 4. The Bertz CT molecular complexity index is 829. The highest BCUT2D eigenvalue weighted by Crippen LogP contribution is 2.35. The summed E-state index contributed by atoms with van der Waals surface area (Å²) in [7, 11) is 0. The lowest BCUT2D eigenvalue weighted by atomic mass is 9.90. The smallest absolute Gasteiger partial charge is 0.319 e. The Balaban J connectivity index is 2.01. The summed E-state index contributed by atoms with van der Waals surface area (Å²) in [5, 5.41) is 16.7. The van der Waals surface area contributed by atoms with E-state index in [0.717, 1.165) is 48.1 Å². The molecule has 0 atom stereocenters. The van der Waals surface area contributed by atoms with Crippen LogP contribution in [-0.4, -0.2) is 17.7 Å². The van der Waals surface area contributed by atoms with Crippen LogP contribution in [0, 0.1) is 0 Å². The van der Waals surface area contributed by atoms with Crippen molar-refractivity contribution in [3.8, 4) is 5.75 Å². The van der Waals surface area contributed by atoms with Crippen molar-refractivity contribution < 1.29 is 9.90 Å². The Hall–Kier alpha value is -2.49. The molecule has 0 aromatic heterocycles. The largest absolute Gasteiger partial charge is 0.507 e. The van der Waals surface area contributed by atoms with Gasteiger partial charge in [0.15, 0.2) is 0 Å². The monoisotopic (exact) mass is 438 g/mol. The predicted molar refractivity (Wildman–Crippen MR) is 136 cm³/mol. The standard InChI is InChI=1S/C28H42N2O2/c1-6-7-8-9-12-17-29-28(32)30-26-14-11-10-13-23(26)16-15-22-18-24(20(2)3)27(31)25(19-22)21(4)5/h10-11,13-14,18-21,31H,6-9,12,15-17H2,1-5H3,(H2,29,30,32). The minimum atomic E-state index is -0.137. The summed E-state index contributed by atoms with van der Waals surface area (Å²) >= 11 is 0. The number of urea groups is 1. The van der Waals surface area contributed by atoms with Crippen molar-refractivity contribution in [1.82, 2.24) is 5.32 Å². The molecule has 0 saturated heterocycles. The van der Waals surface area contributed by atoms with E-state index in [9.17, 15) is 9.90 Å². The molecule has 4 heteroatoms. The van der Waals surface area contributed by atoms with Crippen molar-refractivity contribution in [1.29, 1.82) is 0 Å². The molecular weight excluding hydrogens is 396 g/mol. The maximum atomic E-state index is 12.4. The fraction of sp³-hybridized carbons (Fsp3) is 0.536. The first kappa shape index (κ1) is 25.8. The Labute approximate surface area is 194 Å². The predicted octanol–water partition coefficient (Wildman–Crippen LogP) is 7.52. The van der Waals surface area contributed by atoms with Crippen LogP contribution in [-0.2, 0) is 12.8 Å². The molecule has 0 aliphatic carbocycles. The second kappa shape index (κ2) is 13.1. The molecular formula is C28H42N2O2. The number of phenolic OH excluding ortho intramolecular Hbond substituents is 1. The van der Waals surface area contributed by atoms with E-state index in [0.29, 0.717) is 12.3 Å². The van der Waals surface area contributed by atoms with Crippen molar-refractivity contribution in [2.24, 2.45) is 0 Å². The van der Waals surface area contributed by atoms with Crippen LogP contribution in [0.2, 0.25) is 0 Å². The molecule has 0 unspecified atom stereocenters. The zero-order valence-corrected chi connectivity index (χ0v) is 20.6. The highest BCUT2D eigenvalue weighted by atomic mass is 16.3. The third-order valence-electron chi connectivity index (χ3n) is 5.99. The molecule has 2 rings (SSSR count). The molecule has 0 bridgehead atoms. The van der Waals surface area contributed by atoms with Gasteiger partial charge in [0.25, 0.3) is 0 Å². The quantitative estimate of drug-likeness (QED) is 0.300. The van der Waals surface area contributed by atoms with Gasteiger partial charge in [-0.1, -0.05) is 90.6 Å². The molecule has 176 valence electrons. The lowest BCUT2D eigenvalue weighted by Gasteiger charge is -2.18. The Morgan fingerprint density at radius 3 is 2.16 bits per heavy atom. The van der Waals surface area contributed by atoms with Gasteiger partial charge in [-0.05, 0) is 59.4 Å². The maximum absolute atomic E-state index is 12.4. The maximum Gasteiger partial charge on any atom is 0.319 e. The molecule has 0 aliphatic rings. The summed E-state index contributed by atoms with van der Waals surface area (Å²) in [4.78, 5) is 12.4. The van der Waals surface area contributed by atoms with Crippen LogP contribution in [0.25, 0.3) is 0 Å². The van der Waals surface area contributed by atoms with E-state index in [4.69, 9.17) is 0 Å². The summed E-state index contributed by atoms with van der Waals surface area (Å²) < 4.78 is 0. The number of aromatic hydroxyl groups is 1. The minimum absolute atomic E-state index is 0.137. The third-order valence-corrected chi connectivity index (χ3v) is 5.99. The molecule has 0 aliphatic heterocycles. The second-order valence-electron chi connectivity index (χ2n) is 9.38. The summed E-state index contributed by atoms with van der Waals surface area (Å²) in [5.41, 5.74) is 5.23. The normalized spacial score (nSPS) is 11.2.